The van der Waals surface area contributed by atoms with Crippen molar-refractivity contribution < 1.29 is 14.3 Å². The summed E-state index contributed by atoms with van der Waals surface area (Å²) in [6.07, 6.45) is 5.46. The van der Waals surface area contributed by atoms with Crippen LogP contribution in [-0.4, -0.2) is 25.3 Å². The molecule has 0 aliphatic rings. The Hall–Kier alpha value is -0.570. The molecule has 3 nitrogen and oxygen atoms in total. The molecule has 0 spiro atoms. The van der Waals surface area contributed by atoms with Gasteiger partial charge in [0.05, 0.1) is 19.1 Å². The lowest BCUT2D eigenvalue weighted by molar-refractivity contribution is -0.147. The summed E-state index contributed by atoms with van der Waals surface area (Å²) in [5, 5.41) is 0. The molecular weight excluding hydrogens is 204 g/mol. The van der Waals surface area contributed by atoms with Gasteiger partial charge in [0.1, 0.15) is 0 Å². The molecule has 1 atom stereocenters. The van der Waals surface area contributed by atoms with Gasteiger partial charge in [0.15, 0.2) is 0 Å². The van der Waals surface area contributed by atoms with Crippen LogP contribution in [0.25, 0.3) is 0 Å². The molecule has 0 saturated carbocycles. The van der Waals surface area contributed by atoms with E-state index in [0.717, 1.165) is 38.7 Å². The number of unbranched alkanes of at least 4 members (excludes halogenated alkanes) is 2. The van der Waals surface area contributed by atoms with E-state index in [1.165, 1.54) is 0 Å². The van der Waals surface area contributed by atoms with Crippen LogP contribution >= 0.6 is 0 Å². The number of ether oxygens (including phenoxy) is 2. The minimum absolute atomic E-state index is 0.0284. The highest BCUT2D eigenvalue weighted by molar-refractivity contribution is 5.69. The maximum atomic E-state index is 11.4. The van der Waals surface area contributed by atoms with Gasteiger partial charge < -0.3 is 9.47 Å². The molecule has 96 valence electrons. The van der Waals surface area contributed by atoms with Gasteiger partial charge in [-0.25, -0.2) is 0 Å². The smallest absolute Gasteiger partial charge is 0.308 e. The van der Waals surface area contributed by atoms with Gasteiger partial charge in [-0.1, -0.05) is 33.6 Å². The molecule has 0 aromatic rings. The van der Waals surface area contributed by atoms with Crippen LogP contribution in [0, 0.1) is 0 Å². The quantitative estimate of drug-likeness (QED) is 0.426. The van der Waals surface area contributed by atoms with Gasteiger partial charge in [-0.3, -0.25) is 4.79 Å². The van der Waals surface area contributed by atoms with Crippen LogP contribution in [0.5, 0.6) is 0 Å². The van der Waals surface area contributed by atoms with E-state index in [0.29, 0.717) is 13.0 Å². The second-order valence-corrected chi connectivity index (χ2v) is 4.03. The summed E-state index contributed by atoms with van der Waals surface area (Å²) >= 11 is 0. The van der Waals surface area contributed by atoms with Crippen LogP contribution in [0.1, 0.15) is 59.3 Å². The normalized spacial score (nSPS) is 12.4. The molecule has 3 heteroatoms. The Morgan fingerprint density at radius 2 is 1.69 bits per heavy atom. The molecule has 16 heavy (non-hydrogen) atoms. The van der Waals surface area contributed by atoms with Crippen LogP contribution in [0.15, 0.2) is 0 Å². The van der Waals surface area contributed by atoms with Crippen LogP contribution in [0.3, 0.4) is 0 Å². The van der Waals surface area contributed by atoms with Crippen molar-refractivity contribution in [3.8, 4) is 0 Å². The van der Waals surface area contributed by atoms with Crippen molar-refractivity contribution >= 4 is 5.97 Å². The first-order valence-electron chi connectivity index (χ1n) is 6.51. The second kappa shape index (κ2) is 10.9. The van der Waals surface area contributed by atoms with E-state index in [1.54, 1.807) is 0 Å². The van der Waals surface area contributed by atoms with E-state index < -0.39 is 0 Å². The van der Waals surface area contributed by atoms with E-state index in [9.17, 15) is 4.79 Å². The molecule has 0 N–H and O–H groups in total. The monoisotopic (exact) mass is 230 g/mol. The van der Waals surface area contributed by atoms with Gasteiger partial charge in [-0.05, 0) is 19.3 Å². The van der Waals surface area contributed by atoms with Gasteiger partial charge >= 0.3 is 5.97 Å². The van der Waals surface area contributed by atoms with Crippen LogP contribution in [-0.2, 0) is 14.3 Å². The number of carbonyl (C=O) groups is 1. The molecule has 0 bridgehead atoms. The first-order valence-corrected chi connectivity index (χ1v) is 6.51. The average molecular weight is 230 g/mol. The summed E-state index contributed by atoms with van der Waals surface area (Å²) in [5.74, 6) is -0.128. The largest absolute Gasteiger partial charge is 0.466 e. The van der Waals surface area contributed by atoms with E-state index in [-0.39, 0.29) is 12.1 Å². The lowest BCUT2D eigenvalue weighted by atomic mass is 10.2. The van der Waals surface area contributed by atoms with Gasteiger partial charge in [0.2, 0.25) is 0 Å². The molecule has 0 fully saturated rings. The Morgan fingerprint density at radius 3 is 2.25 bits per heavy atom. The summed E-state index contributed by atoms with van der Waals surface area (Å²) in [4.78, 5) is 11.4. The summed E-state index contributed by atoms with van der Waals surface area (Å²) in [5.41, 5.74) is 0. The maximum absolute atomic E-state index is 11.4. The van der Waals surface area contributed by atoms with E-state index >= 15 is 0 Å². The van der Waals surface area contributed by atoms with Gasteiger partial charge in [-0.15, -0.1) is 0 Å². The van der Waals surface area contributed by atoms with Crippen molar-refractivity contribution in [2.75, 3.05) is 13.2 Å². The lowest BCUT2D eigenvalue weighted by Crippen LogP contribution is -2.19. The summed E-state index contributed by atoms with van der Waals surface area (Å²) in [7, 11) is 0. The molecule has 0 radical (unpaired) electrons. The first kappa shape index (κ1) is 15.4. The first-order chi connectivity index (χ1) is 7.74. The zero-order valence-corrected chi connectivity index (χ0v) is 11.0. The molecule has 0 heterocycles. The number of rotatable bonds is 10. The molecule has 0 amide bonds. The third kappa shape index (κ3) is 8.72. The Bertz CT molecular complexity index is 169. The number of hydrogen-bond donors (Lipinski definition) is 0. The molecule has 0 rings (SSSR count). The number of hydrogen-bond acceptors (Lipinski definition) is 3. The summed E-state index contributed by atoms with van der Waals surface area (Å²) in [6, 6.07) is 0. The molecule has 1 unspecified atom stereocenters. The van der Waals surface area contributed by atoms with Crippen LogP contribution in [0.4, 0.5) is 0 Å². The van der Waals surface area contributed by atoms with Crippen molar-refractivity contribution in [1.29, 1.82) is 0 Å². The van der Waals surface area contributed by atoms with Crippen LogP contribution in [0.2, 0.25) is 0 Å². The third-order valence-corrected chi connectivity index (χ3v) is 2.46. The topological polar surface area (TPSA) is 35.5 Å². The molecular formula is C13H26O3. The lowest BCUT2D eigenvalue weighted by Gasteiger charge is -2.15. The fourth-order valence-corrected chi connectivity index (χ4v) is 1.29. The fourth-order valence-electron chi connectivity index (χ4n) is 1.29. The average Bonchev–Trinajstić information content (AvgIpc) is 2.28. The summed E-state index contributed by atoms with van der Waals surface area (Å²) in [6.45, 7) is 7.54. The van der Waals surface area contributed by atoms with Gasteiger partial charge in [0, 0.05) is 6.61 Å². The van der Waals surface area contributed by atoms with E-state index in [1.807, 2.05) is 6.92 Å². The van der Waals surface area contributed by atoms with E-state index in [4.69, 9.17) is 9.47 Å². The molecule has 0 aliphatic carbocycles. The Labute approximate surface area is 99.5 Å². The predicted octanol–water partition coefficient (Wildman–Crippen LogP) is 3.32. The maximum Gasteiger partial charge on any atom is 0.308 e. The fraction of sp³-hybridized carbons (Fsp3) is 0.923. The van der Waals surface area contributed by atoms with E-state index in [2.05, 4.69) is 13.8 Å². The minimum Gasteiger partial charge on any atom is -0.466 e. The molecule has 0 saturated heterocycles. The summed E-state index contributed by atoms with van der Waals surface area (Å²) < 4.78 is 10.7. The SMILES string of the molecule is CCCCOC(=O)CC(CC)OCCCC. The molecule has 0 aromatic heterocycles. The predicted molar refractivity (Wildman–Crippen MR) is 65.4 cm³/mol. The zero-order chi connectivity index (χ0) is 12.2. The Kier molecular flexibility index (Phi) is 10.5. The highest BCUT2D eigenvalue weighted by Crippen LogP contribution is 2.06. The standard InChI is InChI=1S/C13H26O3/c1-4-7-9-15-12(6-3)11-13(14)16-10-8-5-2/h12H,4-11H2,1-3H3. The molecule has 0 aromatic carbocycles. The molecule has 0 aliphatic heterocycles. The van der Waals surface area contributed by atoms with Crippen molar-refractivity contribution in [3.05, 3.63) is 0 Å². The Balaban J connectivity index is 3.61. The number of carbonyl (C=O) groups excluding carboxylic acids is 1. The Morgan fingerprint density at radius 1 is 1.06 bits per heavy atom. The van der Waals surface area contributed by atoms with Crippen molar-refractivity contribution in [3.63, 3.8) is 0 Å². The zero-order valence-electron chi connectivity index (χ0n) is 11.0. The highest BCUT2D eigenvalue weighted by atomic mass is 16.5. The van der Waals surface area contributed by atoms with Crippen LogP contribution < -0.4 is 0 Å². The van der Waals surface area contributed by atoms with Gasteiger partial charge in [-0.2, -0.15) is 0 Å². The van der Waals surface area contributed by atoms with Crippen molar-refractivity contribution in [2.24, 2.45) is 0 Å². The minimum atomic E-state index is -0.128. The highest BCUT2D eigenvalue weighted by Gasteiger charge is 2.13. The van der Waals surface area contributed by atoms with Gasteiger partial charge in [0.25, 0.3) is 0 Å². The second-order valence-electron chi connectivity index (χ2n) is 4.03. The van der Waals surface area contributed by atoms with Crippen molar-refractivity contribution in [2.45, 2.75) is 65.4 Å². The van der Waals surface area contributed by atoms with Crippen molar-refractivity contribution in [1.82, 2.24) is 0 Å². The third-order valence-electron chi connectivity index (χ3n) is 2.46. The number of esters is 1.